The Kier molecular flexibility index (Phi) is 5.80. The number of carbonyl (C=O) groups excluding carboxylic acids is 1. The molecule has 2 atom stereocenters. The normalized spacial score (nSPS) is 20.4. The number of allylic oxidation sites excluding steroid dienone is 1. The summed E-state index contributed by atoms with van der Waals surface area (Å²) in [7, 11) is 1.69. The number of ether oxygens (including phenoxy) is 2. The van der Waals surface area contributed by atoms with Gasteiger partial charge in [-0.1, -0.05) is 36.4 Å². The van der Waals surface area contributed by atoms with Crippen LogP contribution in [0.2, 0.25) is 0 Å². The van der Waals surface area contributed by atoms with Gasteiger partial charge < -0.3 is 14.4 Å². The highest BCUT2D eigenvalue weighted by Crippen LogP contribution is 2.40. The summed E-state index contributed by atoms with van der Waals surface area (Å²) in [6.07, 6.45) is 7.28. The fourth-order valence-corrected chi connectivity index (χ4v) is 4.99. The van der Waals surface area contributed by atoms with Crippen molar-refractivity contribution >= 4 is 22.6 Å². The van der Waals surface area contributed by atoms with Crippen molar-refractivity contribution < 1.29 is 14.3 Å². The lowest BCUT2D eigenvalue weighted by Crippen LogP contribution is -2.44. The first kappa shape index (κ1) is 20.6. The van der Waals surface area contributed by atoms with Crippen LogP contribution in [0, 0.1) is 11.8 Å². The van der Waals surface area contributed by atoms with Gasteiger partial charge in [-0.2, -0.15) is 0 Å². The molecule has 1 aliphatic heterocycles. The number of aromatic nitrogens is 1. The van der Waals surface area contributed by atoms with Gasteiger partial charge in [0.25, 0.3) is 0 Å². The first-order valence-corrected chi connectivity index (χ1v) is 11.3. The van der Waals surface area contributed by atoms with Crippen molar-refractivity contribution in [2.45, 2.75) is 25.9 Å². The number of hydrogen-bond acceptors (Lipinski definition) is 4. The summed E-state index contributed by atoms with van der Waals surface area (Å²) < 4.78 is 11.0. The van der Waals surface area contributed by atoms with E-state index in [9.17, 15) is 4.79 Å². The van der Waals surface area contributed by atoms with Gasteiger partial charge in [-0.25, -0.2) is 4.79 Å². The summed E-state index contributed by atoms with van der Waals surface area (Å²) in [6, 6.07) is 18.0. The molecule has 164 valence electrons. The van der Waals surface area contributed by atoms with Crippen molar-refractivity contribution in [2.24, 2.45) is 11.8 Å². The highest BCUT2D eigenvalue weighted by Gasteiger charge is 2.33. The van der Waals surface area contributed by atoms with E-state index in [2.05, 4.69) is 23.2 Å². The Hall–Kier alpha value is -3.34. The van der Waals surface area contributed by atoms with Gasteiger partial charge in [-0.05, 0) is 72.1 Å². The quantitative estimate of drug-likeness (QED) is 0.535. The summed E-state index contributed by atoms with van der Waals surface area (Å²) >= 11 is 0. The lowest BCUT2D eigenvalue weighted by Gasteiger charge is -2.39. The maximum absolute atomic E-state index is 12.7. The SMILES string of the molecule is COc1ccc2nccc(C3=C[C@H]4CN(C(=O)OCc5ccccc5)CC[C@H]4CC3)c2c1. The number of methoxy groups -OCH3 is 1. The number of carbonyl (C=O) groups is 1. The number of hydrogen-bond donors (Lipinski definition) is 0. The third-order valence-electron chi connectivity index (χ3n) is 6.76. The Morgan fingerprint density at radius 3 is 2.84 bits per heavy atom. The molecule has 5 nitrogen and oxygen atoms in total. The summed E-state index contributed by atoms with van der Waals surface area (Å²) in [5, 5.41) is 1.12. The van der Waals surface area contributed by atoms with Crippen LogP contribution in [0.1, 0.15) is 30.4 Å². The zero-order valence-electron chi connectivity index (χ0n) is 18.4. The number of pyridine rings is 1. The molecule has 0 radical (unpaired) electrons. The maximum atomic E-state index is 12.7. The molecule has 1 aliphatic carbocycles. The fraction of sp³-hybridized carbons (Fsp3) is 0.333. The molecule has 32 heavy (non-hydrogen) atoms. The second-order valence-corrected chi connectivity index (χ2v) is 8.67. The van der Waals surface area contributed by atoms with Gasteiger partial charge in [-0.3, -0.25) is 4.98 Å². The highest BCUT2D eigenvalue weighted by molar-refractivity contribution is 5.92. The van der Waals surface area contributed by atoms with Gasteiger partial charge >= 0.3 is 6.09 Å². The molecule has 2 aromatic carbocycles. The number of benzene rings is 2. The minimum absolute atomic E-state index is 0.216. The van der Waals surface area contributed by atoms with E-state index in [0.717, 1.165) is 48.0 Å². The zero-order valence-corrected chi connectivity index (χ0v) is 18.4. The average molecular weight is 429 g/mol. The maximum Gasteiger partial charge on any atom is 0.410 e. The second-order valence-electron chi connectivity index (χ2n) is 8.67. The van der Waals surface area contributed by atoms with Gasteiger partial charge in [0, 0.05) is 24.7 Å². The minimum Gasteiger partial charge on any atom is -0.497 e. The molecule has 1 fully saturated rings. The molecular weight excluding hydrogens is 400 g/mol. The first-order chi connectivity index (χ1) is 15.7. The molecule has 5 heteroatoms. The van der Waals surface area contributed by atoms with Crippen molar-refractivity contribution in [1.29, 1.82) is 0 Å². The van der Waals surface area contributed by atoms with Crippen molar-refractivity contribution in [1.82, 2.24) is 9.88 Å². The third-order valence-corrected chi connectivity index (χ3v) is 6.76. The van der Waals surface area contributed by atoms with Crippen LogP contribution >= 0.6 is 0 Å². The van der Waals surface area contributed by atoms with Crippen LogP contribution in [0.15, 0.2) is 66.9 Å². The molecule has 1 saturated heterocycles. The van der Waals surface area contributed by atoms with Crippen LogP contribution in [0.4, 0.5) is 4.79 Å². The van der Waals surface area contributed by atoms with Gasteiger partial charge in [-0.15, -0.1) is 0 Å². The molecule has 0 bridgehead atoms. The molecule has 0 N–H and O–H groups in total. The van der Waals surface area contributed by atoms with Crippen molar-refractivity contribution in [3.8, 4) is 5.75 Å². The molecule has 1 aromatic heterocycles. The Morgan fingerprint density at radius 1 is 1.12 bits per heavy atom. The monoisotopic (exact) mass is 428 g/mol. The molecule has 1 amide bonds. The number of nitrogens with zero attached hydrogens (tertiary/aromatic N) is 2. The van der Waals surface area contributed by atoms with E-state index in [0.29, 0.717) is 25.0 Å². The number of amides is 1. The summed E-state index contributed by atoms with van der Waals surface area (Å²) in [6.45, 7) is 1.80. The summed E-state index contributed by atoms with van der Waals surface area (Å²) in [4.78, 5) is 19.1. The predicted molar refractivity (Wildman–Crippen MR) is 125 cm³/mol. The van der Waals surface area contributed by atoms with E-state index >= 15 is 0 Å². The van der Waals surface area contributed by atoms with Crippen molar-refractivity contribution in [3.05, 3.63) is 78.0 Å². The number of likely N-dealkylation sites (tertiary alicyclic amines) is 1. The van der Waals surface area contributed by atoms with E-state index in [1.54, 1.807) is 7.11 Å². The predicted octanol–water partition coefficient (Wildman–Crippen LogP) is 5.70. The lowest BCUT2D eigenvalue weighted by atomic mass is 9.75. The molecule has 3 aromatic rings. The van der Waals surface area contributed by atoms with Crippen LogP contribution in [0.25, 0.3) is 16.5 Å². The largest absolute Gasteiger partial charge is 0.497 e. The second kappa shape index (κ2) is 9.03. The van der Waals surface area contributed by atoms with Crippen LogP contribution in [-0.4, -0.2) is 36.2 Å². The van der Waals surface area contributed by atoms with E-state index < -0.39 is 0 Å². The Bertz CT molecular complexity index is 1140. The molecule has 2 aliphatic rings. The van der Waals surface area contributed by atoms with Crippen LogP contribution in [-0.2, 0) is 11.3 Å². The van der Waals surface area contributed by atoms with Crippen LogP contribution < -0.4 is 4.74 Å². The topological polar surface area (TPSA) is 51.7 Å². The molecule has 0 spiro atoms. The van der Waals surface area contributed by atoms with Crippen molar-refractivity contribution in [3.63, 3.8) is 0 Å². The highest BCUT2D eigenvalue weighted by atomic mass is 16.6. The van der Waals surface area contributed by atoms with Crippen molar-refractivity contribution in [2.75, 3.05) is 20.2 Å². The molecular formula is C27H28N2O3. The smallest absolute Gasteiger partial charge is 0.410 e. The van der Waals surface area contributed by atoms with E-state index in [1.807, 2.05) is 53.6 Å². The standard InChI is InChI=1S/C27H28N2O3/c1-31-23-9-10-26-25(16-23)24(11-13-28-26)21-8-7-20-12-14-29(17-22(20)15-21)27(30)32-18-19-5-3-2-4-6-19/h2-6,9-11,13,15-16,20,22H,7-8,12,14,17-18H2,1H3/t20-,22+/m1/s1. The Balaban J connectivity index is 1.33. The molecule has 0 saturated carbocycles. The summed E-state index contributed by atoms with van der Waals surface area (Å²) in [5.74, 6) is 1.82. The number of fused-ring (bicyclic) bond motifs is 2. The minimum atomic E-state index is -0.216. The van der Waals surface area contributed by atoms with E-state index in [4.69, 9.17) is 9.47 Å². The van der Waals surface area contributed by atoms with Gasteiger partial charge in [0.1, 0.15) is 12.4 Å². The first-order valence-electron chi connectivity index (χ1n) is 11.3. The molecule has 5 rings (SSSR count). The number of rotatable bonds is 4. The zero-order chi connectivity index (χ0) is 21.9. The van der Waals surface area contributed by atoms with Gasteiger partial charge in [0.15, 0.2) is 0 Å². The Morgan fingerprint density at radius 2 is 2.00 bits per heavy atom. The molecule has 2 heterocycles. The van der Waals surface area contributed by atoms with Gasteiger partial charge in [0.05, 0.1) is 12.6 Å². The Labute approximate surface area is 188 Å². The van der Waals surface area contributed by atoms with Gasteiger partial charge in [0.2, 0.25) is 0 Å². The summed E-state index contributed by atoms with van der Waals surface area (Å²) in [5.41, 5.74) is 4.54. The number of piperidine rings is 1. The lowest BCUT2D eigenvalue weighted by molar-refractivity contribution is 0.0702. The van der Waals surface area contributed by atoms with Crippen LogP contribution in [0.3, 0.4) is 0 Å². The fourth-order valence-electron chi connectivity index (χ4n) is 4.99. The third kappa shape index (κ3) is 4.20. The average Bonchev–Trinajstić information content (AvgIpc) is 2.86. The van der Waals surface area contributed by atoms with E-state index in [-0.39, 0.29) is 6.09 Å². The van der Waals surface area contributed by atoms with Crippen LogP contribution in [0.5, 0.6) is 5.75 Å². The molecule has 0 unspecified atom stereocenters. The van der Waals surface area contributed by atoms with E-state index in [1.165, 1.54) is 11.1 Å².